The lowest BCUT2D eigenvalue weighted by Crippen LogP contribution is -2.21. The average molecular weight is 268 g/mol. The molecule has 0 aliphatic rings. The predicted octanol–water partition coefficient (Wildman–Crippen LogP) is 1.39. The number of nitrogens with one attached hydrogen (secondary N) is 1. The summed E-state index contributed by atoms with van der Waals surface area (Å²) in [4.78, 5) is 10.5. The van der Waals surface area contributed by atoms with Crippen molar-refractivity contribution in [1.29, 1.82) is 0 Å². The number of rotatable bonds is 3. The number of carbonyl (C=O) groups is 1. The van der Waals surface area contributed by atoms with Crippen molar-refractivity contribution in [2.24, 2.45) is 0 Å². The summed E-state index contributed by atoms with van der Waals surface area (Å²) in [6.45, 7) is 1.99. The van der Waals surface area contributed by atoms with Gasteiger partial charge in [0.1, 0.15) is 6.33 Å². The third-order valence-electron chi connectivity index (χ3n) is 2.35. The third-order valence-corrected chi connectivity index (χ3v) is 2.57. The van der Waals surface area contributed by atoms with Gasteiger partial charge in [0.25, 0.3) is 0 Å². The number of benzene rings is 1. The Balaban J connectivity index is 2.45. The predicted molar refractivity (Wildman–Crippen MR) is 63.8 cm³/mol. The molecule has 2 rings (SSSR count). The molecule has 0 aliphatic carbocycles. The van der Waals surface area contributed by atoms with Gasteiger partial charge in [-0.05, 0) is 40.6 Å². The third kappa shape index (κ3) is 2.57. The molecule has 0 bridgehead atoms. The quantitative estimate of drug-likeness (QED) is 0.877. The highest BCUT2D eigenvalue weighted by atomic mass is 35.5. The summed E-state index contributed by atoms with van der Waals surface area (Å²) in [5, 5.41) is 22.4. The van der Waals surface area contributed by atoms with E-state index < -0.39 is 6.09 Å². The molecule has 8 heteroatoms. The molecule has 0 radical (unpaired) electrons. The zero-order chi connectivity index (χ0) is 13.1. The maximum absolute atomic E-state index is 10.5. The largest absolute Gasteiger partial charge is 0.465 e. The number of nitrogens with zero attached hydrogens (tertiary/aromatic N) is 4. The minimum Gasteiger partial charge on any atom is -0.465 e. The molecule has 0 fully saturated rings. The zero-order valence-corrected chi connectivity index (χ0v) is 10.2. The molecule has 1 aromatic carbocycles. The van der Waals surface area contributed by atoms with Crippen molar-refractivity contribution in [3.63, 3.8) is 0 Å². The number of hydrogen-bond acceptors (Lipinski definition) is 4. The number of tetrazole rings is 1. The van der Waals surface area contributed by atoms with Crippen LogP contribution in [0, 0.1) is 6.92 Å². The molecule has 1 aromatic heterocycles. The molecule has 0 saturated heterocycles. The number of aryl methyl sites for hydroxylation is 1. The molecule has 94 valence electrons. The average Bonchev–Trinajstić information content (AvgIpc) is 2.78. The van der Waals surface area contributed by atoms with Crippen LogP contribution in [0.4, 0.5) is 4.79 Å². The minimum absolute atomic E-state index is 0.131. The zero-order valence-electron chi connectivity index (χ0n) is 9.46. The lowest BCUT2D eigenvalue weighted by molar-refractivity contribution is 0.194. The first kappa shape index (κ1) is 12.3. The lowest BCUT2D eigenvalue weighted by Gasteiger charge is -2.12. The fourth-order valence-electron chi connectivity index (χ4n) is 1.70. The van der Waals surface area contributed by atoms with Gasteiger partial charge in [0.05, 0.1) is 5.69 Å². The summed E-state index contributed by atoms with van der Waals surface area (Å²) in [6, 6.07) is 3.45. The molecule has 1 amide bonds. The van der Waals surface area contributed by atoms with E-state index in [9.17, 15) is 4.79 Å². The van der Waals surface area contributed by atoms with Crippen molar-refractivity contribution in [3.8, 4) is 5.69 Å². The van der Waals surface area contributed by atoms with Gasteiger partial charge in [-0.15, -0.1) is 5.10 Å². The number of aromatic nitrogens is 4. The van der Waals surface area contributed by atoms with Crippen LogP contribution in [-0.2, 0) is 6.54 Å². The molecular formula is C10H10ClN5O2. The van der Waals surface area contributed by atoms with Crippen LogP contribution in [0.5, 0.6) is 0 Å². The normalized spacial score (nSPS) is 10.3. The van der Waals surface area contributed by atoms with Crippen molar-refractivity contribution in [3.05, 3.63) is 34.6 Å². The van der Waals surface area contributed by atoms with Crippen molar-refractivity contribution in [2.45, 2.75) is 13.5 Å². The van der Waals surface area contributed by atoms with Gasteiger partial charge in [-0.25, -0.2) is 4.79 Å². The van der Waals surface area contributed by atoms with Crippen molar-refractivity contribution in [1.82, 2.24) is 25.5 Å². The van der Waals surface area contributed by atoms with Gasteiger partial charge in [0, 0.05) is 11.6 Å². The molecule has 0 unspecified atom stereocenters. The summed E-state index contributed by atoms with van der Waals surface area (Å²) < 4.78 is 1.48. The highest BCUT2D eigenvalue weighted by Crippen LogP contribution is 2.23. The standard InChI is InChI=1S/C10H10ClN5O2/c1-6-2-8(11)3-7(4-12-10(17)18)9(6)16-5-13-14-15-16/h2-3,5,12H,4H2,1H3,(H,17,18). The van der Waals surface area contributed by atoms with Gasteiger partial charge in [0.15, 0.2) is 0 Å². The van der Waals surface area contributed by atoms with Gasteiger partial charge in [-0.3, -0.25) is 0 Å². The molecule has 7 nitrogen and oxygen atoms in total. The van der Waals surface area contributed by atoms with E-state index >= 15 is 0 Å². The summed E-state index contributed by atoms with van der Waals surface area (Å²) >= 11 is 5.96. The molecular weight excluding hydrogens is 258 g/mol. The van der Waals surface area contributed by atoms with Gasteiger partial charge in [0.2, 0.25) is 0 Å². The monoisotopic (exact) mass is 267 g/mol. The van der Waals surface area contributed by atoms with E-state index in [1.165, 1.54) is 11.0 Å². The van der Waals surface area contributed by atoms with Crippen LogP contribution < -0.4 is 5.32 Å². The summed E-state index contributed by atoms with van der Waals surface area (Å²) in [5.74, 6) is 0. The van der Waals surface area contributed by atoms with E-state index in [2.05, 4.69) is 20.8 Å². The van der Waals surface area contributed by atoms with Crippen LogP contribution >= 0.6 is 11.6 Å². The Kier molecular flexibility index (Phi) is 3.42. The van der Waals surface area contributed by atoms with Gasteiger partial charge in [-0.1, -0.05) is 11.6 Å². The van der Waals surface area contributed by atoms with Crippen molar-refractivity contribution >= 4 is 17.7 Å². The van der Waals surface area contributed by atoms with E-state index in [1.807, 2.05) is 6.92 Å². The summed E-state index contributed by atoms with van der Waals surface area (Å²) in [5.41, 5.74) is 2.28. The van der Waals surface area contributed by atoms with Crippen molar-refractivity contribution < 1.29 is 9.90 Å². The number of amides is 1. The molecule has 18 heavy (non-hydrogen) atoms. The van der Waals surface area contributed by atoms with E-state index in [4.69, 9.17) is 16.7 Å². The molecule has 0 spiro atoms. The Bertz CT molecular complexity index is 570. The number of halogens is 1. The summed E-state index contributed by atoms with van der Waals surface area (Å²) in [6.07, 6.45) is 0.343. The van der Waals surface area contributed by atoms with Crippen LogP contribution in [0.25, 0.3) is 5.69 Å². The van der Waals surface area contributed by atoms with Gasteiger partial charge < -0.3 is 10.4 Å². The van der Waals surface area contributed by atoms with Crippen LogP contribution in [0.15, 0.2) is 18.5 Å². The molecule has 2 N–H and O–H groups in total. The van der Waals surface area contributed by atoms with E-state index in [1.54, 1.807) is 12.1 Å². The first-order chi connectivity index (χ1) is 8.58. The summed E-state index contributed by atoms with van der Waals surface area (Å²) in [7, 11) is 0. The van der Waals surface area contributed by atoms with Gasteiger partial charge >= 0.3 is 6.09 Å². The fourth-order valence-corrected chi connectivity index (χ4v) is 2.00. The second-order valence-electron chi connectivity index (χ2n) is 3.64. The SMILES string of the molecule is Cc1cc(Cl)cc(CNC(=O)O)c1-n1cnnn1. The maximum Gasteiger partial charge on any atom is 0.404 e. The second kappa shape index (κ2) is 5.01. The lowest BCUT2D eigenvalue weighted by atomic mass is 10.1. The first-order valence-electron chi connectivity index (χ1n) is 5.07. The fraction of sp³-hybridized carbons (Fsp3) is 0.200. The second-order valence-corrected chi connectivity index (χ2v) is 4.08. The minimum atomic E-state index is -1.10. The molecule has 1 heterocycles. The molecule has 0 saturated carbocycles. The van der Waals surface area contributed by atoms with E-state index in [0.29, 0.717) is 10.6 Å². The van der Waals surface area contributed by atoms with Crippen molar-refractivity contribution in [2.75, 3.05) is 0 Å². The van der Waals surface area contributed by atoms with Gasteiger partial charge in [-0.2, -0.15) is 4.68 Å². The Hall–Kier alpha value is -2.15. The van der Waals surface area contributed by atoms with E-state index in [-0.39, 0.29) is 6.54 Å². The van der Waals surface area contributed by atoms with Crippen LogP contribution in [0.1, 0.15) is 11.1 Å². The highest BCUT2D eigenvalue weighted by Gasteiger charge is 2.11. The highest BCUT2D eigenvalue weighted by molar-refractivity contribution is 6.30. The van der Waals surface area contributed by atoms with Crippen LogP contribution in [0.2, 0.25) is 5.02 Å². The maximum atomic E-state index is 10.5. The van der Waals surface area contributed by atoms with Crippen LogP contribution in [-0.4, -0.2) is 31.4 Å². The first-order valence-corrected chi connectivity index (χ1v) is 5.45. The molecule has 0 aliphatic heterocycles. The Morgan fingerprint density at radius 1 is 1.56 bits per heavy atom. The topological polar surface area (TPSA) is 92.9 Å². The number of carboxylic acid groups (broad SMARTS) is 1. The molecule has 0 atom stereocenters. The van der Waals surface area contributed by atoms with E-state index in [0.717, 1.165) is 11.3 Å². The van der Waals surface area contributed by atoms with Crippen LogP contribution in [0.3, 0.4) is 0 Å². The number of hydrogen-bond donors (Lipinski definition) is 2. The Morgan fingerprint density at radius 3 is 2.94 bits per heavy atom. The Morgan fingerprint density at radius 2 is 2.33 bits per heavy atom. The Labute approximate surface area is 107 Å². The smallest absolute Gasteiger partial charge is 0.404 e. The molecule has 2 aromatic rings.